The van der Waals surface area contributed by atoms with E-state index in [1.807, 2.05) is 19.3 Å². The summed E-state index contributed by atoms with van der Waals surface area (Å²) in [5.74, 6) is 2.02. The van der Waals surface area contributed by atoms with Gasteiger partial charge in [0.05, 0.1) is 17.7 Å². The van der Waals surface area contributed by atoms with Gasteiger partial charge < -0.3 is 15.0 Å². The second-order valence-electron chi connectivity index (χ2n) is 6.28. The number of methoxy groups -OCH3 is 1. The van der Waals surface area contributed by atoms with E-state index in [1.165, 1.54) is 12.8 Å². The Hall–Kier alpha value is -2.22. The molecular formula is C15H21N7O. The monoisotopic (exact) mass is 315 g/mol. The van der Waals surface area contributed by atoms with Crippen molar-refractivity contribution in [3.8, 4) is 0 Å². The topological polar surface area (TPSA) is 81.0 Å². The minimum absolute atomic E-state index is 0.0847. The predicted molar refractivity (Wildman–Crippen MR) is 85.4 cm³/mol. The number of aromatic nitrogens is 5. The standard InChI is InChI=1S/C15H21N7O/c1-21-7-12(19-20-21)11-6-22(8-13(11)23-2)15-5-14(16-9-17-15)18-10-3-4-10/h5,7,9-11,13H,3-4,6,8H2,1-2H3,(H,16,17,18)/t11-,13+/m0/s1. The van der Waals surface area contributed by atoms with E-state index in [2.05, 4.69) is 30.5 Å². The van der Waals surface area contributed by atoms with Crippen molar-refractivity contribution >= 4 is 11.6 Å². The number of nitrogens with one attached hydrogen (secondary N) is 1. The van der Waals surface area contributed by atoms with Gasteiger partial charge in [0, 0.05) is 45.6 Å². The number of hydrogen-bond acceptors (Lipinski definition) is 7. The molecule has 2 aliphatic rings. The van der Waals surface area contributed by atoms with Crippen LogP contribution in [0.2, 0.25) is 0 Å². The van der Waals surface area contributed by atoms with Crippen molar-refractivity contribution in [2.75, 3.05) is 30.4 Å². The molecule has 8 nitrogen and oxygen atoms in total. The van der Waals surface area contributed by atoms with E-state index in [1.54, 1.807) is 18.1 Å². The molecule has 4 rings (SSSR count). The average Bonchev–Trinajstić information content (AvgIpc) is 3.10. The van der Waals surface area contributed by atoms with Gasteiger partial charge in [0.25, 0.3) is 0 Å². The maximum atomic E-state index is 5.67. The summed E-state index contributed by atoms with van der Waals surface area (Å²) in [5.41, 5.74) is 0.965. The van der Waals surface area contributed by atoms with E-state index >= 15 is 0 Å². The fourth-order valence-electron chi connectivity index (χ4n) is 3.05. The molecule has 0 unspecified atom stereocenters. The molecule has 2 atom stereocenters. The van der Waals surface area contributed by atoms with Gasteiger partial charge in [0.15, 0.2) is 0 Å². The summed E-state index contributed by atoms with van der Waals surface area (Å²) >= 11 is 0. The third-order valence-corrected chi connectivity index (χ3v) is 4.48. The summed E-state index contributed by atoms with van der Waals surface area (Å²) in [5, 5.41) is 11.7. The van der Waals surface area contributed by atoms with Gasteiger partial charge >= 0.3 is 0 Å². The third-order valence-electron chi connectivity index (χ3n) is 4.48. The van der Waals surface area contributed by atoms with Crippen molar-refractivity contribution in [1.82, 2.24) is 25.0 Å². The van der Waals surface area contributed by atoms with E-state index < -0.39 is 0 Å². The Labute approximate surface area is 134 Å². The summed E-state index contributed by atoms with van der Waals surface area (Å²) < 4.78 is 7.40. The molecule has 1 saturated heterocycles. The zero-order valence-electron chi connectivity index (χ0n) is 13.4. The van der Waals surface area contributed by atoms with Crippen molar-refractivity contribution < 1.29 is 4.74 Å². The van der Waals surface area contributed by atoms with E-state index in [9.17, 15) is 0 Å². The first kappa shape index (κ1) is 14.4. The lowest BCUT2D eigenvalue weighted by atomic mass is 10.0. The number of nitrogens with zero attached hydrogens (tertiary/aromatic N) is 6. The summed E-state index contributed by atoms with van der Waals surface area (Å²) in [7, 11) is 3.63. The molecule has 122 valence electrons. The lowest BCUT2D eigenvalue weighted by Crippen LogP contribution is -2.23. The van der Waals surface area contributed by atoms with Crippen LogP contribution in [0.1, 0.15) is 24.5 Å². The third kappa shape index (κ3) is 2.98. The molecule has 0 spiro atoms. The van der Waals surface area contributed by atoms with Crippen LogP contribution in [0.3, 0.4) is 0 Å². The molecule has 3 heterocycles. The van der Waals surface area contributed by atoms with Crippen LogP contribution in [0.15, 0.2) is 18.6 Å². The molecule has 0 aromatic carbocycles. The van der Waals surface area contributed by atoms with Gasteiger partial charge in [-0.15, -0.1) is 5.10 Å². The van der Waals surface area contributed by atoms with Crippen molar-refractivity contribution in [1.29, 1.82) is 0 Å². The highest BCUT2D eigenvalue weighted by Crippen LogP contribution is 2.32. The molecule has 23 heavy (non-hydrogen) atoms. The first-order valence-electron chi connectivity index (χ1n) is 7.95. The predicted octanol–water partition coefficient (Wildman–Crippen LogP) is 0.798. The number of ether oxygens (including phenoxy) is 1. The van der Waals surface area contributed by atoms with Crippen molar-refractivity contribution in [3.63, 3.8) is 0 Å². The molecule has 0 radical (unpaired) electrons. The Morgan fingerprint density at radius 3 is 2.83 bits per heavy atom. The Morgan fingerprint density at radius 2 is 2.13 bits per heavy atom. The molecule has 1 N–H and O–H groups in total. The Kier molecular flexibility index (Phi) is 3.60. The minimum Gasteiger partial charge on any atom is -0.379 e. The molecule has 0 bridgehead atoms. The molecule has 2 fully saturated rings. The highest BCUT2D eigenvalue weighted by Gasteiger charge is 2.36. The number of aryl methyl sites for hydroxylation is 1. The molecule has 2 aromatic heterocycles. The van der Waals surface area contributed by atoms with E-state index in [-0.39, 0.29) is 12.0 Å². The lowest BCUT2D eigenvalue weighted by molar-refractivity contribution is 0.105. The molecule has 8 heteroatoms. The van der Waals surface area contributed by atoms with Crippen molar-refractivity contribution in [3.05, 3.63) is 24.3 Å². The average molecular weight is 315 g/mol. The molecular weight excluding hydrogens is 294 g/mol. The zero-order chi connectivity index (χ0) is 15.8. The number of rotatable bonds is 5. The van der Waals surface area contributed by atoms with Crippen LogP contribution in [0.25, 0.3) is 0 Å². The van der Waals surface area contributed by atoms with Crippen LogP contribution < -0.4 is 10.2 Å². The first-order chi connectivity index (χ1) is 11.2. The molecule has 0 amide bonds. The van der Waals surface area contributed by atoms with Crippen molar-refractivity contribution in [2.45, 2.75) is 30.9 Å². The molecule has 1 aliphatic heterocycles. The summed E-state index contributed by atoms with van der Waals surface area (Å²) in [6.07, 6.45) is 6.12. The van der Waals surface area contributed by atoms with Crippen LogP contribution in [0.4, 0.5) is 11.6 Å². The number of hydrogen-bond donors (Lipinski definition) is 1. The summed E-state index contributed by atoms with van der Waals surface area (Å²) in [6.45, 7) is 1.61. The van der Waals surface area contributed by atoms with E-state index in [0.717, 1.165) is 30.4 Å². The molecule has 1 aliphatic carbocycles. The van der Waals surface area contributed by atoms with Gasteiger partial charge in [0.1, 0.15) is 18.0 Å². The van der Waals surface area contributed by atoms with Crippen LogP contribution in [-0.2, 0) is 11.8 Å². The lowest BCUT2D eigenvalue weighted by Gasteiger charge is -2.17. The normalized spacial score (nSPS) is 24.2. The maximum Gasteiger partial charge on any atom is 0.134 e. The summed E-state index contributed by atoms with van der Waals surface area (Å²) in [4.78, 5) is 11.0. The highest BCUT2D eigenvalue weighted by atomic mass is 16.5. The zero-order valence-corrected chi connectivity index (χ0v) is 13.4. The van der Waals surface area contributed by atoms with Gasteiger partial charge in [-0.3, -0.25) is 4.68 Å². The van der Waals surface area contributed by atoms with Crippen LogP contribution in [0, 0.1) is 0 Å². The fraction of sp³-hybridized carbons (Fsp3) is 0.600. The Morgan fingerprint density at radius 1 is 1.26 bits per heavy atom. The highest BCUT2D eigenvalue weighted by molar-refractivity contribution is 5.51. The van der Waals surface area contributed by atoms with E-state index in [4.69, 9.17) is 4.74 Å². The second-order valence-corrected chi connectivity index (χ2v) is 6.28. The molecule has 1 saturated carbocycles. The van der Waals surface area contributed by atoms with Gasteiger partial charge in [-0.1, -0.05) is 5.21 Å². The maximum absolute atomic E-state index is 5.67. The Bertz CT molecular complexity index is 684. The first-order valence-corrected chi connectivity index (χ1v) is 7.95. The quantitative estimate of drug-likeness (QED) is 0.874. The fourth-order valence-corrected chi connectivity index (χ4v) is 3.05. The second kappa shape index (κ2) is 5.77. The van der Waals surface area contributed by atoms with E-state index in [0.29, 0.717) is 6.04 Å². The van der Waals surface area contributed by atoms with Gasteiger partial charge in [-0.25, -0.2) is 9.97 Å². The minimum atomic E-state index is 0.0847. The smallest absolute Gasteiger partial charge is 0.134 e. The van der Waals surface area contributed by atoms with Gasteiger partial charge in [-0.05, 0) is 12.8 Å². The SMILES string of the molecule is CO[C@@H]1CN(c2cc(NC3CC3)ncn2)C[C@H]1c1cn(C)nn1. The van der Waals surface area contributed by atoms with Crippen molar-refractivity contribution in [2.24, 2.45) is 7.05 Å². The largest absolute Gasteiger partial charge is 0.379 e. The summed E-state index contributed by atoms with van der Waals surface area (Å²) in [6, 6.07) is 2.60. The van der Waals surface area contributed by atoms with Gasteiger partial charge in [0.2, 0.25) is 0 Å². The molecule has 2 aromatic rings. The van der Waals surface area contributed by atoms with Gasteiger partial charge in [-0.2, -0.15) is 0 Å². The van der Waals surface area contributed by atoms with Crippen LogP contribution in [0.5, 0.6) is 0 Å². The Balaban J connectivity index is 1.53. The van der Waals surface area contributed by atoms with Crippen LogP contribution >= 0.6 is 0 Å². The number of anilines is 2. The van der Waals surface area contributed by atoms with Crippen LogP contribution in [-0.4, -0.2) is 57.3 Å².